The zero-order valence-electron chi connectivity index (χ0n) is 9.46. The molecular formula is C14H20. The molecule has 0 N–H and O–H groups in total. The summed E-state index contributed by atoms with van der Waals surface area (Å²) in [6, 6.07) is 10.7. The molecule has 1 aromatic carbocycles. The second kappa shape index (κ2) is 5.64. The molecule has 76 valence electrons. The highest BCUT2D eigenvalue weighted by Crippen LogP contribution is 2.22. The summed E-state index contributed by atoms with van der Waals surface area (Å²) in [5.74, 6) is 0.638. The van der Waals surface area contributed by atoms with E-state index in [1.807, 2.05) is 0 Å². The topological polar surface area (TPSA) is 0 Å². The highest BCUT2D eigenvalue weighted by Gasteiger charge is 2.04. The van der Waals surface area contributed by atoms with Gasteiger partial charge in [0, 0.05) is 0 Å². The summed E-state index contributed by atoms with van der Waals surface area (Å²) in [6.07, 6.45) is 4.64. The van der Waals surface area contributed by atoms with E-state index < -0.39 is 0 Å². The zero-order chi connectivity index (χ0) is 10.4. The number of rotatable bonds is 4. The van der Waals surface area contributed by atoms with Crippen LogP contribution in [0.3, 0.4) is 0 Å². The summed E-state index contributed by atoms with van der Waals surface area (Å²) >= 11 is 0. The van der Waals surface area contributed by atoms with Crippen LogP contribution in [0.1, 0.15) is 45.1 Å². The van der Waals surface area contributed by atoms with Crippen molar-refractivity contribution in [1.29, 1.82) is 0 Å². The van der Waals surface area contributed by atoms with E-state index >= 15 is 0 Å². The van der Waals surface area contributed by atoms with Crippen molar-refractivity contribution in [2.75, 3.05) is 0 Å². The van der Waals surface area contributed by atoms with Crippen LogP contribution in [-0.4, -0.2) is 0 Å². The van der Waals surface area contributed by atoms with E-state index in [0.29, 0.717) is 5.92 Å². The number of benzene rings is 1. The number of hydrogen-bond acceptors (Lipinski definition) is 0. The van der Waals surface area contributed by atoms with Gasteiger partial charge in [-0.15, -0.1) is 0 Å². The highest BCUT2D eigenvalue weighted by molar-refractivity contribution is 5.20. The maximum atomic E-state index is 2.32. The third-order valence-electron chi connectivity index (χ3n) is 2.55. The highest BCUT2D eigenvalue weighted by atomic mass is 14.1. The van der Waals surface area contributed by atoms with Gasteiger partial charge in [0.15, 0.2) is 0 Å². The van der Waals surface area contributed by atoms with Crippen molar-refractivity contribution in [3.05, 3.63) is 47.5 Å². The average molecular weight is 188 g/mol. The molecule has 0 saturated carbocycles. The number of hydrogen-bond donors (Lipinski definition) is 0. The fourth-order valence-corrected chi connectivity index (χ4v) is 1.81. The van der Waals surface area contributed by atoms with Crippen molar-refractivity contribution in [2.45, 2.75) is 39.5 Å². The minimum Gasteiger partial charge on any atom is -0.0859 e. The van der Waals surface area contributed by atoms with Gasteiger partial charge < -0.3 is 0 Å². The van der Waals surface area contributed by atoms with Gasteiger partial charge in [0.25, 0.3) is 0 Å². The Morgan fingerprint density at radius 3 is 2.50 bits per heavy atom. The first-order valence-electron chi connectivity index (χ1n) is 5.44. The van der Waals surface area contributed by atoms with Crippen LogP contribution >= 0.6 is 0 Å². The molecule has 0 aliphatic rings. The van der Waals surface area contributed by atoms with Crippen molar-refractivity contribution in [3.8, 4) is 0 Å². The average Bonchev–Trinajstić information content (AvgIpc) is 2.19. The van der Waals surface area contributed by atoms with E-state index in [4.69, 9.17) is 0 Å². The Labute approximate surface area is 87.7 Å². The molecule has 0 nitrogen and oxygen atoms in total. The van der Waals surface area contributed by atoms with Crippen molar-refractivity contribution in [3.63, 3.8) is 0 Å². The predicted octanol–water partition coefficient (Wildman–Crippen LogP) is 4.54. The Morgan fingerprint density at radius 2 is 1.93 bits per heavy atom. The molecule has 0 amide bonds. The second-order valence-corrected chi connectivity index (χ2v) is 3.97. The Hall–Kier alpha value is -1.04. The van der Waals surface area contributed by atoms with Crippen LogP contribution in [0.4, 0.5) is 0 Å². The molecule has 0 spiro atoms. The molecule has 0 radical (unpaired) electrons. The van der Waals surface area contributed by atoms with Gasteiger partial charge >= 0.3 is 0 Å². The van der Waals surface area contributed by atoms with Crippen LogP contribution in [-0.2, 0) is 0 Å². The lowest BCUT2D eigenvalue weighted by molar-refractivity contribution is 0.748. The molecule has 1 rings (SSSR count). The SMILES string of the molecule is CCC=C(C)CC(C)c1ccccc1. The van der Waals surface area contributed by atoms with Crippen molar-refractivity contribution < 1.29 is 0 Å². The van der Waals surface area contributed by atoms with Crippen LogP contribution in [0.2, 0.25) is 0 Å². The molecule has 1 atom stereocenters. The van der Waals surface area contributed by atoms with E-state index in [-0.39, 0.29) is 0 Å². The maximum absolute atomic E-state index is 2.32. The molecule has 0 fully saturated rings. The zero-order valence-corrected chi connectivity index (χ0v) is 9.46. The summed E-state index contributed by atoms with van der Waals surface area (Å²) < 4.78 is 0. The quantitative estimate of drug-likeness (QED) is 0.609. The lowest BCUT2D eigenvalue weighted by Crippen LogP contribution is -1.93. The van der Waals surface area contributed by atoms with Crippen LogP contribution in [0.5, 0.6) is 0 Å². The normalized spacial score (nSPS) is 14.1. The Balaban J connectivity index is 2.59. The molecular weight excluding hydrogens is 168 g/mol. The third kappa shape index (κ3) is 3.37. The number of allylic oxidation sites excluding steroid dienone is 2. The van der Waals surface area contributed by atoms with Crippen molar-refractivity contribution in [1.82, 2.24) is 0 Å². The van der Waals surface area contributed by atoms with E-state index in [1.54, 1.807) is 0 Å². The fourth-order valence-electron chi connectivity index (χ4n) is 1.81. The molecule has 0 saturated heterocycles. The first-order valence-corrected chi connectivity index (χ1v) is 5.44. The lowest BCUT2D eigenvalue weighted by Gasteiger charge is -2.11. The molecule has 0 bridgehead atoms. The second-order valence-electron chi connectivity index (χ2n) is 3.97. The van der Waals surface area contributed by atoms with Gasteiger partial charge in [0.2, 0.25) is 0 Å². The fraction of sp³-hybridized carbons (Fsp3) is 0.429. The van der Waals surface area contributed by atoms with Crippen LogP contribution in [0.25, 0.3) is 0 Å². The first-order chi connectivity index (χ1) is 6.74. The maximum Gasteiger partial charge on any atom is -0.0153 e. The molecule has 0 aliphatic carbocycles. The lowest BCUT2D eigenvalue weighted by atomic mass is 9.94. The van der Waals surface area contributed by atoms with Crippen molar-refractivity contribution in [2.24, 2.45) is 0 Å². The standard InChI is InChI=1S/C14H20/c1-4-8-12(2)11-13(3)14-9-6-5-7-10-14/h5-10,13H,4,11H2,1-3H3. The third-order valence-corrected chi connectivity index (χ3v) is 2.55. The molecule has 0 aliphatic heterocycles. The minimum absolute atomic E-state index is 0.638. The summed E-state index contributed by atoms with van der Waals surface area (Å²) in [5.41, 5.74) is 2.94. The summed E-state index contributed by atoms with van der Waals surface area (Å²) in [4.78, 5) is 0. The van der Waals surface area contributed by atoms with Gasteiger partial charge in [-0.2, -0.15) is 0 Å². The summed E-state index contributed by atoms with van der Waals surface area (Å²) in [7, 11) is 0. The van der Waals surface area contributed by atoms with Gasteiger partial charge in [0.05, 0.1) is 0 Å². The smallest absolute Gasteiger partial charge is 0.0153 e. The van der Waals surface area contributed by atoms with Gasteiger partial charge in [-0.1, -0.05) is 55.8 Å². The van der Waals surface area contributed by atoms with Gasteiger partial charge in [0.1, 0.15) is 0 Å². The monoisotopic (exact) mass is 188 g/mol. The van der Waals surface area contributed by atoms with Crippen LogP contribution < -0.4 is 0 Å². The largest absolute Gasteiger partial charge is 0.0859 e. The molecule has 1 unspecified atom stereocenters. The molecule has 0 aromatic heterocycles. The van der Waals surface area contributed by atoms with E-state index in [2.05, 4.69) is 57.2 Å². The Morgan fingerprint density at radius 1 is 1.29 bits per heavy atom. The molecule has 0 heterocycles. The Bertz CT molecular complexity index is 282. The van der Waals surface area contributed by atoms with E-state index in [0.717, 1.165) is 6.42 Å². The minimum atomic E-state index is 0.638. The van der Waals surface area contributed by atoms with E-state index in [9.17, 15) is 0 Å². The van der Waals surface area contributed by atoms with E-state index in [1.165, 1.54) is 17.6 Å². The van der Waals surface area contributed by atoms with Gasteiger partial charge in [-0.25, -0.2) is 0 Å². The Kier molecular flexibility index (Phi) is 4.45. The molecule has 14 heavy (non-hydrogen) atoms. The van der Waals surface area contributed by atoms with Crippen LogP contribution in [0.15, 0.2) is 42.0 Å². The van der Waals surface area contributed by atoms with Crippen LogP contribution in [0, 0.1) is 0 Å². The predicted molar refractivity (Wildman–Crippen MR) is 63.5 cm³/mol. The first kappa shape index (κ1) is 11.0. The van der Waals surface area contributed by atoms with Gasteiger partial charge in [-0.3, -0.25) is 0 Å². The molecule has 0 heteroatoms. The summed E-state index contributed by atoms with van der Waals surface area (Å²) in [6.45, 7) is 6.71. The van der Waals surface area contributed by atoms with Gasteiger partial charge in [-0.05, 0) is 31.2 Å². The summed E-state index contributed by atoms with van der Waals surface area (Å²) in [5, 5.41) is 0. The molecule has 1 aromatic rings. The van der Waals surface area contributed by atoms with Crippen molar-refractivity contribution >= 4 is 0 Å².